The SMILES string of the molecule is CN(C)c1cccc(O)c1.Cc1ccc2c(-c3ccc(B(O)O)cc3)c3ccc(=[N+](C)C)cc-3oc2c1.Cc1cccc(O)c1.O=Cc1ccc(B(O)O)cc1. The van der Waals surface area contributed by atoms with Crippen molar-refractivity contribution in [1.29, 1.82) is 0 Å². The molecule has 0 aromatic heterocycles. The maximum absolute atomic E-state index is 10.2. The van der Waals surface area contributed by atoms with Gasteiger partial charge in [-0.05, 0) is 77.9 Å². The Labute approximate surface area is 327 Å². The lowest BCUT2D eigenvalue weighted by Crippen LogP contribution is -2.29. The number of hydrogen-bond donors (Lipinski definition) is 6. The lowest BCUT2D eigenvalue weighted by atomic mass is 9.79. The van der Waals surface area contributed by atoms with Crippen molar-refractivity contribution in [3.63, 3.8) is 0 Å². The summed E-state index contributed by atoms with van der Waals surface area (Å²) in [4.78, 5) is 12.1. The van der Waals surface area contributed by atoms with Crippen molar-refractivity contribution >= 4 is 48.1 Å². The molecule has 0 amide bonds. The van der Waals surface area contributed by atoms with Crippen LogP contribution in [0.25, 0.3) is 33.4 Å². The van der Waals surface area contributed by atoms with Crippen LogP contribution in [0.4, 0.5) is 5.69 Å². The zero-order valence-corrected chi connectivity index (χ0v) is 32.3. The number of phenols is 2. The molecule has 5 aromatic rings. The smallest absolute Gasteiger partial charge is 0.488 e. The number of phenolic OH excluding ortho intramolecular Hbond substituents is 2. The Morgan fingerprint density at radius 2 is 1.21 bits per heavy atom. The number of benzene rings is 6. The average Bonchev–Trinajstić information content (AvgIpc) is 3.17. The predicted octanol–water partition coefficient (Wildman–Crippen LogP) is 4.56. The highest BCUT2D eigenvalue weighted by Crippen LogP contribution is 2.39. The summed E-state index contributed by atoms with van der Waals surface area (Å²) < 4.78 is 8.28. The van der Waals surface area contributed by atoms with Crippen LogP contribution in [0.1, 0.15) is 21.5 Å². The molecule has 7 rings (SSSR count). The van der Waals surface area contributed by atoms with Gasteiger partial charge in [0.05, 0.1) is 6.07 Å². The predicted molar refractivity (Wildman–Crippen MR) is 227 cm³/mol. The zero-order valence-electron chi connectivity index (χ0n) is 32.3. The summed E-state index contributed by atoms with van der Waals surface area (Å²) in [6, 6.07) is 40.1. The van der Waals surface area contributed by atoms with E-state index in [0.29, 0.717) is 34.3 Å². The van der Waals surface area contributed by atoms with Crippen LogP contribution in [0.3, 0.4) is 0 Å². The summed E-state index contributed by atoms with van der Waals surface area (Å²) in [6.45, 7) is 3.99. The van der Waals surface area contributed by atoms with E-state index in [0.717, 1.165) is 55.6 Å². The molecule has 12 heteroatoms. The summed E-state index contributed by atoms with van der Waals surface area (Å²) in [5.41, 5.74) is 8.56. The maximum atomic E-state index is 10.2. The van der Waals surface area contributed by atoms with Gasteiger partial charge < -0.3 is 39.6 Å². The minimum Gasteiger partial charge on any atom is -0.508 e. The number of carbonyl (C=O) groups is 1. The molecule has 0 radical (unpaired) electrons. The minimum atomic E-state index is -1.47. The standard InChI is InChI=1S/C22H21BNO3.C8H11NO.C7H7BO3.C7H8O/c1-14-4-10-18-20(12-14)27-21-13-17(24(2)3)9-11-19(21)22(18)15-5-7-16(8-6-15)23(25)26;1-9(2)7-4-3-5-8(10)6-7;9-5-6-1-3-7(4-2-6)8(10)11;1-6-3-2-4-7(8)5-6/h4-13,25-26H,1-3H3;3-6,10H,1-2H3;1-5,10-11H;2-5,8H,1H3/q+1;;;. The second-order valence-corrected chi connectivity index (χ2v) is 13.5. The van der Waals surface area contributed by atoms with E-state index in [2.05, 4.69) is 24.3 Å². The van der Waals surface area contributed by atoms with E-state index in [4.69, 9.17) is 24.7 Å². The number of fused-ring (bicyclic) bond motifs is 2. The number of carbonyl (C=O) groups excluding carboxylic acids is 1. The van der Waals surface area contributed by atoms with Gasteiger partial charge in [0.1, 0.15) is 43.2 Å². The molecule has 1 aliphatic heterocycles. The highest BCUT2D eigenvalue weighted by atomic mass is 16.4. The fourth-order valence-corrected chi connectivity index (χ4v) is 5.54. The molecule has 10 nitrogen and oxygen atoms in total. The van der Waals surface area contributed by atoms with Crippen LogP contribution in [0.2, 0.25) is 0 Å². The van der Waals surface area contributed by atoms with Crippen molar-refractivity contribution in [3.05, 3.63) is 156 Å². The van der Waals surface area contributed by atoms with Gasteiger partial charge in [-0.25, -0.2) is 4.58 Å². The first-order chi connectivity index (χ1) is 26.7. The lowest BCUT2D eigenvalue weighted by Gasteiger charge is -2.15. The van der Waals surface area contributed by atoms with Crippen LogP contribution in [-0.4, -0.2) is 79.0 Å². The Bertz CT molecular complexity index is 2370. The third-order valence-electron chi connectivity index (χ3n) is 8.59. The molecule has 1 aliphatic carbocycles. The third-order valence-corrected chi connectivity index (χ3v) is 8.59. The molecule has 1 heterocycles. The summed E-state index contributed by atoms with van der Waals surface area (Å²) in [5, 5.41) is 56.0. The molecule has 0 saturated heterocycles. The molecule has 5 aromatic carbocycles. The van der Waals surface area contributed by atoms with Gasteiger partial charge >= 0.3 is 14.2 Å². The van der Waals surface area contributed by atoms with Gasteiger partial charge in [-0.15, -0.1) is 0 Å². The first-order valence-corrected chi connectivity index (χ1v) is 17.7. The highest BCUT2D eigenvalue weighted by Gasteiger charge is 2.19. The quantitative estimate of drug-likeness (QED) is 0.0642. The fourth-order valence-electron chi connectivity index (χ4n) is 5.54. The maximum Gasteiger partial charge on any atom is 0.488 e. The van der Waals surface area contributed by atoms with E-state index in [1.165, 1.54) is 24.3 Å². The zero-order chi connectivity index (χ0) is 40.9. The second kappa shape index (κ2) is 19.9. The van der Waals surface area contributed by atoms with Crippen LogP contribution in [-0.2, 0) is 0 Å². The monoisotopic (exact) mass is 753 g/mol. The molecule has 56 heavy (non-hydrogen) atoms. The van der Waals surface area contributed by atoms with Crippen molar-refractivity contribution in [2.24, 2.45) is 0 Å². The van der Waals surface area contributed by atoms with Gasteiger partial charge in [-0.3, -0.25) is 4.79 Å². The van der Waals surface area contributed by atoms with Crippen LogP contribution in [0, 0.1) is 13.8 Å². The van der Waals surface area contributed by atoms with Crippen molar-refractivity contribution in [2.45, 2.75) is 13.8 Å². The minimum absolute atomic E-state index is 0.311. The number of rotatable bonds is 5. The number of nitrogens with zero attached hydrogens (tertiary/aromatic N) is 2. The Hall–Kier alpha value is -6.17. The summed E-state index contributed by atoms with van der Waals surface area (Å²) in [6.07, 6.45) is 0.702. The van der Waals surface area contributed by atoms with E-state index in [9.17, 15) is 14.8 Å². The molecule has 2 aliphatic rings. The van der Waals surface area contributed by atoms with E-state index >= 15 is 0 Å². The van der Waals surface area contributed by atoms with Crippen LogP contribution < -0.4 is 25.8 Å². The first-order valence-electron chi connectivity index (χ1n) is 17.7. The summed E-state index contributed by atoms with van der Waals surface area (Å²) in [5.74, 6) is 1.47. The summed E-state index contributed by atoms with van der Waals surface area (Å²) in [7, 11) is 4.96. The van der Waals surface area contributed by atoms with Gasteiger partial charge in [0.2, 0.25) is 5.36 Å². The fraction of sp³-hybridized carbons (Fsp3) is 0.136. The van der Waals surface area contributed by atoms with E-state index < -0.39 is 14.2 Å². The average molecular weight is 753 g/mol. The van der Waals surface area contributed by atoms with Crippen molar-refractivity contribution in [3.8, 4) is 33.9 Å². The van der Waals surface area contributed by atoms with E-state index in [1.807, 2.05) is 100 Å². The van der Waals surface area contributed by atoms with Crippen LogP contribution in [0.15, 0.2) is 138 Å². The molecule has 0 unspecified atom stereocenters. The molecule has 286 valence electrons. The molecular formula is C44H47B2N2O8+. The number of anilines is 1. The topological polar surface area (TPSA) is 158 Å². The molecule has 6 N–H and O–H groups in total. The second-order valence-electron chi connectivity index (χ2n) is 13.5. The normalized spacial score (nSPS) is 10.2. The molecule has 0 atom stereocenters. The third kappa shape index (κ3) is 11.9. The van der Waals surface area contributed by atoms with Crippen molar-refractivity contribution < 1.29 is 39.5 Å². The largest absolute Gasteiger partial charge is 0.508 e. The lowest BCUT2D eigenvalue weighted by molar-refractivity contribution is 0.112. The van der Waals surface area contributed by atoms with Gasteiger partial charge in [0, 0.05) is 54.0 Å². The van der Waals surface area contributed by atoms with Crippen molar-refractivity contribution in [1.82, 2.24) is 4.58 Å². The number of aldehydes is 1. The van der Waals surface area contributed by atoms with E-state index in [1.54, 1.807) is 36.4 Å². The summed E-state index contributed by atoms with van der Waals surface area (Å²) >= 11 is 0. The highest BCUT2D eigenvalue weighted by molar-refractivity contribution is 6.59. The number of aryl methyl sites for hydroxylation is 2. The van der Waals surface area contributed by atoms with E-state index in [-0.39, 0.29) is 0 Å². The Morgan fingerprint density at radius 1 is 0.643 bits per heavy atom. The molecule has 0 saturated carbocycles. The Balaban J connectivity index is 0.000000196. The molecular weight excluding hydrogens is 706 g/mol. The Morgan fingerprint density at radius 3 is 1.70 bits per heavy atom. The number of hydrogen-bond acceptors (Lipinski definition) is 9. The first kappa shape index (κ1) is 42.6. The van der Waals surface area contributed by atoms with Gasteiger partial charge in [-0.1, -0.05) is 78.9 Å². The molecule has 0 spiro atoms. The van der Waals surface area contributed by atoms with Gasteiger partial charge in [0.15, 0.2) is 0 Å². The van der Waals surface area contributed by atoms with Crippen LogP contribution in [0.5, 0.6) is 11.5 Å². The Kier molecular flexibility index (Phi) is 15.2. The van der Waals surface area contributed by atoms with Gasteiger partial charge in [-0.2, -0.15) is 0 Å². The molecule has 0 fully saturated rings. The molecule has 0 bridgehead atoms. The number of aromatic hydroxyl groups is 2. The van der Waals surface area contributed by atoms with Crippen LogP contribution >= 0.6 is 0 Å². The van der Waals surface area contributed by atoms with Gasteiger partial charge in [0.25, 0.3) is 0 Å². The van der Waals surface area contributed by atoms with Crippen molar-refractivity contribution in [2.75, 3.05) is 33.1 Å².